The summed E-state index contributed by atoms with van der Waals surface area (Å²) in [4.78, 5) is 57.0. The summed E-state index contributed by atoms with van der Waals surface area (Å²) in [5.41, 5.74) is 1.84. The second-order valence-corrected chi connectivity index (χ2v) is 10.8. The van der Waals surface area contributed by atoms with Crippen molar-refractivity contribution in [2.75, 3.05) is 20.8 Å². The van der Waals surface area contributed by atoms with E-state index in [-0.39, 0.29) is 55.5 Å². The normalized spacial score (nSPS) is 11.1. The first-order chi connectivity index (χ1) is 18.7. The van der Waals surface area contributed by atoms with Crippen LogP contribution in [0.5, 0.6) is 17.4 Å². The second kappa shape index (κ2) is 12.3. The Labute approximate surface area is 231 Å². The third kappa shape index (κ3) is 6.76. The zero-order valence-corrected chi connectivity index (χ0v) is 23.2. The molecule has 4 rings (SSSR count). The minimum atomic E-state index is -1.02. The zero-order chi connectivity index (χ0) is 28.1. The molecule has 4 aromatic heterocycles. The molecule has 0 amide bonds. The van der Waals surface area contributed by atoms with Crippen molar-refractivity contribution >= 4 is 66.4 Å². The van der Waals surface area contributed by atoms with Gasteiger partial charge in [0.15, 0.2) is 17.3 Å². The number of Topliss-reactive ketones (excluding diaryl/α,β-unsaturated/α-hetero) is 3. The molecule has 4 aromatic rings. The van der Waals surface area contributed by atoms with Crippen LogP contribution in [0.1, 0.15) is 57.6 Å². The van der Waals surface area contributed by atoms with Crippen LogP contribution in [0.15, 0.2) is 24.3 Å². The summed E-state index contributed by atoms with van der Waals surface area (Å²) in [6, 6.07) is 6.93. The number of ether oxygens (including phenoxy) is 3. The molecule has 10 nitrogen and oxygen atoms in total. The molecule has 0 aliphatic carbocycles. The predicted octanol–water partition coefficient (Wildman–Crippen LogP) is 5.14. The SMILES string of the molecule is COc1cc2sc(C(=O)CCC(=O)O)cc2nc1CCOc1nc2cc(C(=O)CCC(C)=O)sc2cc1OC. The van der Waals surface area contributed by atoms with Crippen molar-refractivity contribution in [1.29, 1.82) is 0 Å². The van der Waals surface area contributed by atoms with Gasteiger partial charge in [0, 0.05) is 37.8 Å². The van der Waals surface area contributed by atoms with Gasteiger partial charge in [-0.25, -0.2) is 9.97 Å². The average molecular weight is 571 g/mol. The number of nitrogens with zero attached hydrogens (tertiary/aromatic N) is 2. The van der Waals surface area contributed by atoms with Gasteiger partial charge in [-0.2, -0.15) is 0 Å². The molecule has 0 aliphatic rings. The highest BCUT2D eigenvalue weighted by atomic mass is 32.1. The maximum Gasteiger partial charge on any atom is 0.303 e. The lowest BCUT2D eigenvalue weighted by Gasteiger charge is -2.11. The molecule has 0 saturated carbocycles. The molecule has 0 fully saturated rings. The van der Waals surface area contributed by atoms with E-state index in [1.54, 1.807) is 24.3 Å². The standard InChI is InChI=1S/C27H26N2O8S2/c1-14(30)4-5-18(31)25-11-17-23(39-25)13-21(36-3)27(29-17)37-9-8-15-20(35-2)12-22-16(28-15)10-24(38-22)19(32)6-7-26(33)34/h10-13H,4-9H2,1-3H3,(H,33,34). The van der Waals surface area contributed by atoms with Gasteiger partial charge in [0.2, 0.25) is 0 Å². The number of ketones is 3. The summed E-state index contributed by atoms with van der Waals surface area (Å²) in [7, 11) is 3.04. The number of rotatable bonds is 14. The van der Waals surface area contributed by atoms with Gasteiger partial charge < -0.3 is 24.1 Å². The van der Waals surface area contributed by atoms with E-state index in [1.165, 1.54) is 43.8 Å². The highest BCUT2D eigenvalue weighted by Gasteiger charge is 2.18. The van der Waals surface area contributed by atoms with Gasteiger partial charge >= 0.3 is 5.97 Å². The van der Waals surface area contributed by atoms with Gasteiger partial charge in [-0.05, 0) is 19.1 Å². The van der Waals surface area contributed by atoms with Crippen molar-refractivity contribution in [3.05, 3.63) is 39.7 Å². The maximum absolute atomic E-state index is 12.4. The number of carboxylic acid groups (broad SMARTS) is 1. The highest BCUT2D eigenvalue weighted by Crippen LogP contribution is 2.35. The molecule has 0 spiro atoms. The first-order valence-corrected chi connectivity index (χ1v) is 13.7. The van der Waals surface area contributed by atoms with Crippen molar-refractivity contribution in [3.63, 3.8) is 0 Å². The summed E-state index contributed by atoms with van der Waals surface area (Å²) in [5.74, 6) is -0.168. The second-order valence-electron chi connectivity index (χ2n) is 8.66. The van der Waals surface area contributed by atoms with E-state index >= 15 is 0 Å². The number of carboxylic acids is 1. The maximum atomic E-state index is 12.4. The number of carbonyl (C=O) groups is 4. The highest BCUT2D eigenvalue weighted by molar-refractivity contribution is 7.21. The average Bonchev–Trinajstić information content (AvgIpc) is 3.52. The fourth-order valence-corrected chi connectivity index (χ4v) is 5.80. The van der Waals surface area contributed by atoms with E-state index in [1.807, 2.05) is 0 Å². The van der Waals surface area contributed by atoms with Crippen molar-refractivity contribution in [3.8, 4) is 17.4 Å². The van der Waals surface area contributed by atoms with Crippen molar-refractivity contribution < 1.29 is 38.5 Å². The molecule has 0 atom stereocenters. The molecule has 0 bridgehead atoms. The number of aromatic nitrogens is 2. The quantitative estimate of drug-likeness (QED) is 0.202. The molecular weight excluding hydrogens is 544 g/mol. The van der Waals surface area contributed by atoms with Crippen LogP contribution < -0.4 is 14.2 Å². The van der Waals surface area contributed by atoms with Gasteiger partial charge in [-0.15, -0.1) is 22.7 Å². The number of pyridine rings is 2. The van der Waals surface area contributed by atoms with E-state index in [2.05, 4.69) is 9.97 Å². The van der Waals surface area contributed by atoms with E-state index in [0.29, 0.717) is 44.4 Å². The Hall–Kier alpha value is -3.90. The Morgan fingerprint density at radius 1 is 0.795 bits per heavy atom. The topological polar surface area (TPSA) is 142 Å². The Kier molecular flexibility index (Phi) is 8.87. The molecule has 0 radical (unpaired) electrons. The van der Waals surface area contributed by atoms with Crippen LogP contribution in [0.3, 0.4) is 0 Å². The minimum absolute atomic E-state index is 0.0334. The summed E-state index contributed by atoms with van der Waals surface area (Å²) in [6.45, 7) is 1.66. The molecule has 0 aliphatic heterocycles. The molecule has 12 heteroatoms. The number of hydrogen-bond acceptors (Lipinski definition) is 11. The monoisotopic (exact) mass is 570 g/mol. The van der Waals surface area contributed by atoms with E-state index in [9.17, 15) is 19.2 Å². The van der Waals surface area contributed by atoms with E-state index in [0.717, 1.165) is 9.40 Å². The largest absolute Gasteiger partial charge is 0.495 e. The molecule has 204 valence electrons. The lowest BCUT2D eigenvalue weighted by atomic mass is 10.1. The van der Waals surface area contributed by atoms with Crippen LogP contribution in [0.2, 0.25) is 0 Å². The lowest BCUT2D eigenvalue weighted by molar-refractivity contribution is -0.137. The Morgan fingerprint density at radius 2 is 1.36 bits per heavy atom. The van der Waals surface area contributed by atoms with E-state index in [4.69, 9.17) is 19.3 Å². The van der Waals surface area contributed by atoms with Crippen molar-refractivity contribution in [2.45, 2.75) is 39.0 Å². The third-order valence-corrected chi connectivity index (χ3v) is 8.04. The van der Waals surface area contributed by atoms with E-state index < -0.39 is 5.97 Å². The molecule has 0 unspecified atom stereocenters. The smallest absolute Gasteiger partial charge is 0.303 e. The molecule has 0 aromatic carbocycles. The molecule has 0 saturated heterocycles. The predicted molar refractivity (Wildman–Crippen MR) is 147 cm³/mol. The van der Waals surface area contributed by atoms with Gasteiger partial charge in [0.25, 0.3) is 5.88 Å². The minimum Gasteiger partial charge on any atom is -0.495 e. The number of thiophene rings is 2. The number of fused-ring (bicyclic) bond motifs is 2. The number of aliphatic carboxylic acids is 1. The first kappa shape index (κ1) is 28.1. The fourth-order valence-electron chi connectivity index (χ4n) is 3.80. The summed E-state index contributed by atoms with van der Waals surface area (Å²) < 4.78 is 18.4. The van der Waals surface area contributed by atoms with Crippen molar-refractivity contribution in [2.24, 2.45) is 0 Å². The van der Waals surface area contributed by atoms with Crippen molar-refractivity contribution in [1.82, 2.24) is 9.97 Å². The number of carbonyl (C=O) groups excluding carboxylic acids is 3. The van der Waals surface area contributed by atoms with Crippen LogP contribution in [0, 0.1) is 0 Å². The lowest BCUT2D eigenvalue weighted by Crippen LogP contribution is -2.06. The van der Waals surface area contributed by atoms with Crippen LogP contribution >= 0.6 is 22.7 Å². The summed E-state index contributed by atoms with van der Waals surface area (Å²) in [6.07, 6.45) is 0.438. The Morgan fingerprint density at radius 3 is 1.92 bits per heavy atom. The Balaban J connectivity index is 1.49. The van der Waals surface area contributed by atoms with Crippen LogP contribution in [-0.4, -0.2) is 59.2 Å². The van der Waals surface area contributed by atoms with Gasteiger partial charge in [0.1, 0.15) is 11.5 Å². The third-order valence-electron chi connectivity index (χ3n) is 5.81. The Bertz CT molecular complexity index is 1460. The number of hydrogen-bond donors (Lipinski definition) is 1. The molecule has 4 heterocycles. The van der Waals surface area contributed by atoms with Gasteiger partial charge in [-0.1, -0.05) is 0 Å². The van der Waals surface area contributed by atoms with Crippen LogP contribution in [0.25, 0.3) is 20.4 Å². The first-order valence-electron chi connectivity index (χ1n) is 12.0. The summed E-state index contributed by atoms with van der Waals surface area (Å²) in [5, 5.41) is 8.84. The molecular formula is C27H26N2O8S2. The molecule has 39 heavy (non-hydrogen) atoms. The fraction of sp³-hybridized carbons (Fsp3) is 0.333. The van der Waals surface area contributed by atoms with Gasteiger partial charge in [0.05, 0.1) is 63.1 Å². The van der Waals surface area contributed by atoms with Gasteiger partial charge in [-0.3, -0.25) is 14.4 Å². The summed E-state index contributed by atoms with van der Waals surface area (Å²) >= 11 is 2.54. The number of methoxy groups -OCH3 is 2. The zero-order valence-electron chi connectivity index (χ0n) is 21.6. The van der Waals surface area contributed by atoms with Crippen LogP contribution in [-0.2, 0) is 16.0 Å². The molecule has 1 N–H and O–H groups in total. The van der Waals surface area contributed by atoms with Crippen LogP contribution in [0.4, 0.5) is 0 Å².